The second kappa shape index (κ2) is 7.14. The van der Waals surface area contributed by atoms with Crippen molar-refractivity contribution in [2.24, 2.45) is 5.73 Å². The van der Waals surface area contributed by atoms with E-state index in [2.05, 4.69) is 14.9 Å². The van der Waals surface area contributed by atoms with Crippen LogP contribution in [0, 0.1) is 0 Å². The summed E-state index contributed by atoms with van der Waals surface area (Å²) in [4.78, 5) is 20.6. The second-order valence-corrected chi connectivity index (χ2v) is 9.00. The summed E-state index contributed by atoms with van der Waals surface area (Å²) in [5, 5.41) is 11.0. The molecule has 3 heterocycles. The summed E-state index contributed by atoms with van der Waals surface area (Å²) in [6.45, 7) is 2.24. The zero-order chi connectivity index (χ0) is 20.8. The molecule has 1 aromatic carbocycles. The SMILES string of the molecule is CN1CCN(S(=O)(=O)c2ccc(-c3c(O)[nH]c4cc(C(N)=O)ccc34)nc2)CC1. The molecule has 1 aliphatic rings. The van der Waals surface area contributed by atoms with Gasteiger partial charge in [-0.15, -0.1) is 0 Å². The Morgan fingerprint density at radius 2 is 1.90 bits per heavy atom. The minimum absolute atomic E-state index is 0.112. The Hall–Kier alpha value is -2.95. The van der Waals surface area contributed by atoms with Crippen LogP contribution in [0.3, 0.4) is 0 Å². The molecule has 1 amide bonds. The van der Waals surface area contributed by atoms with Gasteiger partial charge >= 0.3 is 0 Å². The van der Waals surface area contributed by atoms with E-state index in [0.29, 0.717) is 53.9 Å². The number of hydrogen-bond acceptors (Lipinski definition) is 6. The lowest BCUT2D eigenvalue weighted by molar-refractivity contribution is 0.100. The fourth-order valence-corrected chi connectivity index (χ4v) is 4.82. The third kappa shape index (κ3) is 3.46. The normalized spacial score (nSPS) is 16.3. The van der Waals surface area contributed by atoms with Crippen LogP contribution < -0.4 is 5.73 Å². The first-order valence-corrected chi connectivity index (χ1v) is 10.5. The molecule has 1 aliphatic heterocycles. The third-order valence-corrected chi connectivity index (χ3v) is 7.04. The Labute approximate surface area is 167 Å². The monoisotopic (exact) mass is 415 g/mol. The number of aromatic nitrogens is 2. The molecule has 0 saturated carbocycles. The number of nitrogens with zero attached hydrogens (tertiary/aromatic N) is 3. The Bertz CT molecular complexity index is 1180. The molecule has 0 aliphatic carbocycles. The van der Waals surface area contributed by atoms with Crippen molar-refractivity contribution in [3.63, 3.8) is 0 Å². The number of carbonyl (C=O) groups is 1. The maximum atomic E-state index is 12.8. The number of aromatic hydroxyl groups is 1. The smallest absolute Gasteiger partial charge is 0.248 e. The Balaban J connectivity index is 1.68. The van der Waals surface area contributed by atoms with Gasteiger partial charge in [-0.05, 0) is 31.3 Å². The van der Waals surface area contributed by atoms with Gasteiger partial charge in [0.05, 0.1) is 11.3 Å². The Morgan fingerprint density at radius 3 is 2.52 bits per heavy atom. The van der Waals surface area contributed by atoms with Crippen molar-refractivity contribution in [1.82, 2.24) is 19.2 Å². The second-order valence-electron chi connectivity index (χ2n) is 7.06. The van der Waals surface area contributed by atoms with Crippen molar-refractivity contribution >= 4 is 26.8 Å². The number of nitrogens with one attached hydrogen (secondary N) is 1. The first-order valence-electron chi connectivity index (χ1n) is 9.07. The molecule has 0 spiro atoms. The molecule has 0 bridgehead atoms. The van der Waals surface area contributed by atoms with Gasteiger partial charge in [0, 0.05) is 48.8 Å². The number of rotatable bonds is 4. The predicted molar refractivity (Wildman–Crippen MR) is 108 cm³/mol. The van der Waals surface area contributed by atoms with Crippen LogP contribution in [0.4, 0.5) is 0 Å². The van der Waals surface area contributed by atoms with Gasteiger partial charge in [-0.3, -0.25) is 9.78 Å². The maximum absolute atomic E-state index is 12.8. The molecule has 0 atom stereocenters. The topological polar surface area (TPSA) is 133 Å². The molecule has 4 rings (SSSR count). The number of likely N-dealkylation sites (N-methyl/N-ethyl adjacent to an activating group) is 1. The van der Waals surface area contributed by atoms with E-state index < -0.39 is 15.9 Å². The lowest BCUT2D eigenvalue weighted by atomic mass is 10.1. The van der Waals surface area contributed by atoms with Crippen molar-refractivity contribution in [3.05, 3.63) is 42.1 Å². The molecule has 3 aromatic rings. The Morgan fingerprint density at radius 1 is 1.17 bits per heavy atom. The lowest BCUT2D eigenvalue weighted by Crippen LogP contribution is -2.47. The molecule has 0 radical (unpaired) electrons. The zero-order valence-electron chi connectivity index (χ0n) is 15.8. The van der Waals surface area contributed by atoms with Crippen LogP contribution in [0.15, 0.2) is 41.4 Å². The summed E-state index contributed by atoms with van der Waals surface area (Å²) in [5.74, 6) is -0.692. The highest BCUT2D eigenvalue weighted by molar-refractivity contribution is 7.89. The molecular weight excluding hydrogens is 394 g/mol. The molecule has 1 fully saturated rings. The number of carbonyl (C=O) groups excluding carboxylic acids is 1. The number of sulfonamides is 1. The van der Waals surface area contributed by atoms with Crippen molar-refractivity contribution < 1.29 is 18.3 Å². The largest absolute Gasteiger partial charge is 0.494 e. The van der Waals surface area contributed by atoms with Crippen LogP contribution in [0.25, 0.3) is 22.2 Å². The first-order chi connectivity index (χ1) is 13.8. The summed E-state index contributed by atoms with van der Waals surface area (Å²) < 4.78 is 27.1. The molecule has 29 heavy (non-hydrogen) atoms. The van der Waals surface area contributed by atoms with Gasteiger partial charge in [0.25, 0.3) is 0 Å². The highest BCUT2D eigenvalue weighted by Crippen LogP contribution is 2.36. The molecule has 0 unspecified atom stereocenters. The van der Waals surface area contributed by atoms with E-state index in [1.165, 1.54) is 16.6 Å². The van der Waals surface area contributed by atoms with Gasteiger partial charge in [0.1, 0.15) is 4.90 Å². The van der Waals surface area contributed by atoms with E-state index >= 15 is 0 Å². The molecule has 10 heteroatoms. The third-order valence-electron chi connectivity index (χ3n) is 5.16. The number of benzene rings is 1. The van der Waals surface area contributed by atoms with Crippen molar-refractivity contribution in [1.29, 1.82) is 0 Å². The highest BCUT2D eigenvalue weighted by atomic mass is 32.2. The first kappa shape index (κ1) is 19.4. The molecule has 4 N–H and O–H groups in total. The number of amides is 1. The number of primary amides is 1. The average molecular weight is 415 g/mol. The number of H-pyrrole nitrogens is 1. The fraction of sp³-hybridized carbons (Fsp3) is 0.263. The summed E-state index contributed by atoms with van der Waals surface area (Å²) in [6, 6.07) is 7.83. The fourth-order valence-electron chi connectivity index (χ4n) is 3.45. The molecule has 152 valence electrons. The quantitative estimate of drug-likeness (QED) is 0.582. The van der Waals surface area contributed by atoms with Gasteiger partial charge in [-0.25, -0.2) is 8.42 Å². The summed E-state index contributed by atoms with van der Waals surface area (Å²) >= 11 is 0. The van der Waals surface area contributed by atoms with Crippen LogP contribution in [0.5, 0.6) is 5.88 Å². The van der Waals surface area contributed by atoms with E-state index in [9.17, 15) is 18.3 Å². The van der Waals surface area contributed by atoms with Gasteiger partial charge in [0.2, 0.25) is 15.9 Å². The lowest BCUT2D eigenvalue weighted by Gasteiger charge is -2.31. The standard InChI is InChI=1S/C19H21N5O4S/c1-23-6-8-24(9-7-23)29(27,28)13-3-5-15(21-11-13)17-14-4-2-12(18(20)25)10-16(14)22-19(17)26/h2-5,10-11,22,26H,6-9H2,1H3,(H2,20,25). The molecular formula is C19H21N5O4S. The zero-order valence-corrected chi connectivity index (χ0v) is 16.6. The molecule has 2 aromatic heterocycles. The minimum atomic E-state index is -3.62. The van der Waals surface area contributed by atoms with Crippen LogP contribution >= 0.6 is 0 Å². The minimum Gasteiger partial charge on any atom is -0.494 e. The van der Waals surface area contributed by atoms with Gasteiger partial charge < -0.3 is 20.7 Å². The Kier molecular flexibility index (Phi) is 4.77. The van der Waals surface area contributed by atoms with E-state index in [0.717, 1.165) is 0 Å². The number of aromatic amines is 1. The summed E-state index contributed by atoms with van der Waals surface area (Å²) in [5.41, 5.74) is 6.99. The number of piperazine rings is 1. The van der Waals surface area contributed by atoms with E-state index in [1.54, 1.807) is 24.3 Å². The number of hydrogen-bond donors (Lipinski definition) is 3. The van der Waals surface area contributed by atoms with Gasteiger partial charge in [-0.1, -0.05) is 6.07 Å². The summed E-state index contributed by atoms with van der Waals surface area (Å²) in [6.07, 6.45) is 1.30. The molecule has 9 nitrogen and oxygen atoms in total. The highest BCUT2D eigenvalue weighted by Gasteiger charge is 2.28. The van der Waals surface area contributed by atoms with Gasteiger partial charge in [0.15, 0.2) is 5.88 Å². The van der Waals surface area contributed by atoms with Gasteiger partial charge in [-0.2, -0.15) is 4.31 Å². The van der Waals surface area contributed by atoms with E-state index in [-0.39, 0.29) is 10.8 Å². The predicted octanol–water partition coefficient (Wildman–Crippen LogP) is 0.970. The number of nitrogens with two attached hydrogens (primary N) is 1. The van der Waals surface area contributed by atoms with E-state index in [1.807, 2.05) is 7.05 Å². The van der Waals surface area contributed by atoms with E-state index in [4.69, 9.17) is 5.73 Å². The van der Waals surface area contributed by atoms with Crippen molar-refractivity contribution in [3.8, 4) is 17.1 Å². The average Bonchev–Trinajstić information content (AvgIpc) is 3.03. The van der Waals surface area contributed by atoms with Crippen molar-refractivity contribution in [2.75, 3.05) is 33.2 Å². The number of fused-ring (bicyclic) bond motifs is 1. The number of pyridine rings is 1. The van der Waals surface area contributed by atoms with Crippen LogP contribution in [-0.2, 0) is 10.0 Å². The van der Waals surface area contributed by atoms with Crippen LogP contribution in [-0.4, -0.2) is 71.8 Å². The molecule has 1 saturated heterocycles. The van der Waals surface area contributed by atoms with Crippen LogP contribution in [0.2, 0.25) is 0 Å². The maximum Gasteiger partial charge on any atom is 0.248 e. The van der Waals surface area contributed by atoms with Crippen LogP contribution in [0.1, 0.15) is 10.4 Å². The van der Waals surface area contributed by atoms with Crippen molar-refractivity contribution in [2.45, 2.75) is 4.90 Å². The summed E-state index contributed by atoms with van der Waals surface area (Å²) in [7, 11) is -1.66.